The van der Waals surface area contributed by atoms with E-state index in [1.165, 1.54) is 0 Å². The van der Waals surface area contributed by atoms with E-state index in [0.29, 0.717) is 0 Å². The van der Waals surface area contributed by atoms with Crippen molar-refractivity contribution in [3.8, 4) is 11.8 Å². The fraction of sp³-hybridized carbons (Fsp3) is 0.765. The van der Waals surface area contributed by atoms with Crippen molar-refractivity contribution in [2.24, 2.45) is 0 Å². The van der Waals surface area contributed by atoms with Gasteiger partial charge in [0.25, 0.3) is 0 Å². The Kier molecular flexibility index (Phi) is 6.47. The van der Waals surface area contributed by atoms with Crippen LogP contribution >= 0.6 is 0 Å². The first-order valence-electron chi connectivity index (χ1n) is 8.02. The van der Waals surface area contributed by atoms with E-state index in [2.05, 4.69) is 67.3 Å². The van der Waals surface area contributed by atoms with Gasteiger partial charge >= 0.3 is 136 Å². The van der Waals surface area contributed by atoms with Crippen molar-refractivity contribution in [3.05, 3.63) is 9.56 Å². The summed E-state index contributed by atoms with van der Waals surface area (Å²) in [4.78, 5) is 7.33. The Balaban J connectivity index is 2.85. The summed E-state index contributed by atoms with van der Waals surface area (Å²) in [6.07, 6.45) is 2.96. The Labute approximate surface area is 136 Å². The number of allylic oxidation sites excluding steroid dienone is 1. The van der Waals surface area contributed by atoms with Crippen molar-refractivity contribution < 1.29 is 9.31 Å². The van der Waals surface area contributed by atoms with Gasteiger partial charge in [0, 0.05) is 0 Å². The van der Waals surface area contributed by atoms with E-state index in [1.807, 2.05) is 0 Å². The third kappa shape index (κ3) is 5.34. The van der Waals surface area contributed by atoms with Gasteiger partial charge in [-0.3, -0.25) is 0 Å². The molecule has 0 aliphatic carbocycles. The summed E-state index contributed by atoms with van der Waals surface area (Å²) in [5.41, 5.74) is -0.511. The van der Waals surface area contributed by atoms with Crippen LogP contribution in [0.15, 0.2) is 9.56 Å². The molecule has 4 heteroatoms. The molecule has 1 aliphatic rings. The predicted octanol–water partition coefficient (Wildman–Crippen LogP) is 4.62. The van der Waals surface area contributed by atoms with Crippen molar-refractivity contribution in [2.45, 2.75) is 79.9 Å². The van der Waals surface area contributed by atoms with E-state index in [1.54, 1.807) is 3.59 Å². The normalized spacial score (nSPS) is 21.1. The second-order valence-electron chi connectivity index (χ2n) is 7.77. The van der Waals surface area contributed by atoms with Crippen LogP contribution in [0.3, 0.4) is 0 Å². The van der Waals surface area contributed by atoms with Crippen LogP contribution in [0.4, 0.5) is 0 Å². The molecule has 0 unspecified atom stereocenters. The molecule has 0 aromatic heterocycles. The van der Waals surface area contributed by atoms with Crippen molar-refractivity contribution in [2.75, 3.05) is 0 Å². The van der Waals surface area contributed by atoms with Gasteiger partial charge in [-0.25, -0.2) is 0 Å². The molecule has 0 bridgehead atoms. The van der Waals surface area contributed by atoms with E-state index in [0.717, 1.165) is 19.3 Å². The molecule has 0 aromatic rings. The van der Waals surface area contributed by atoms with Crippen LogP contribution in [0, 0.1) is 11.8 Å². The van der Waals surface area contributed by atoms with Gasteiger partial charge in [-0.15, -0.1) is 0 Å². The summed E-state index contributed by atoms with van der Waals surface area (Å²) < 4.78 is 13.8. The van der Waals surface area contributed by atoms with Crippen molar-refractivity contribution in [1.29, 1.82) is 0 Å². The van der Waals surface area contributed by atoms with E-state index in [9.17, 15) is 0 Å². The first-order valence-corrected chi connectivity index (χ1v) is 18.0. The van der Waals surface area contributed by atoms with Crippen LogP contribution in [0.1, 0.15) is 53.9 Å². The fourth-order valence-corrected chi connectivity index (χ4v) is 6.55. The average molecular weight is 397 g/mol. The molecule has 118 valence electrons. The molecule has 21 heavy (non-hydrogen) atoms. The maximum absolute atomic E-state index is 6.12. The molecule has 1 saturated heterocycles. The Hall–Kier alpha value is 0.0836. The zero-order chi connectivity index (χ0) is 16.3. The van der Waals surface area contributed by atoms with Gasteiger partial charge in [0.05, 0.1) is 0 Å². The average Bonchev–Trinajstić information content (AvgIpc) is 2.50. The van der Waals surface area contributed by atoms with Crippen LogP contribution < -0.4 is 0 Å². The Morgan fingerprint density at radius 1 is 1.05 bits per heavy atom. The molecule has 0 amide bonds. The summed E-state index contributed by atoms with van der Waals surface area (Å²) in [7, 11) is -0.208. The summed E-state index contributed by atoms with van der Waals surface area (Å²) in [5, 5.41) is 0. The van der Waals surface area contributed by atoms with E-state index < -0.39 is 18.4 Å². The third-order valence-electron chi connectivity index (χ3n) is 4.39. The van der Waals surface area contributed by atoms with Crippen LogP contribution in [0.2, 0.25) is 14.8 Å². The molecule has 0 atom stereocenters. The second kappa shape index (κ2) is 7.11. The van der Waals surface area contributed by atoms with Crippen LogP contribution in [0.25, 0.3) is 0 Å². The quantitative estimate of drug-likeness (QED) is 0.510. The van der Waals surface area contributed by atoms with Gasteiger partial charge in [-0.1, -0.05) is 0 Å². The minimum atomic E-state index is -2.13. The van der Waals surface area contributed by atoms with Crippen LogP contribution in [-0.2, 0) is 9.31 Å². The zero-order valence-corrected chi connectivity index (χ0v) is 17.9. The molecular formula is C17H31BO2Sn. The summed E-state index contributed by atoms with van der Waals surface area (Å²) in [6, 6.07) is 0. The van der Waals surface area contributed by atoms with Gasteiger partial charge in [-0.05, 0) is 0 Å². The zero-order valence-electron chi connectivity index (χ0n) is 15.1. The summed E-state index contributed by atoms with van der Waals surface area (Å²) in [5.74, 6) is 8.66. The van der Waals surface area contributed by atoms with E-state index in [4.69, 9.17) is 9.31 Å². The fourth-order valence-electron chi connectivity index (χ4n) is 2.24. The SMILES string of the molecule is CCC#CCC/[C](=C/B1OC(C)(C)C(C)(C)O1)[Sn]([CH3])([CH3])[CH3]. The van der Waals surface area contributed by atoms with Crippen LogP contribution in [0.5, 0.6) is 0 Å². The minimum absolute atomic E-state index is 0.208. The summed E-state index contributed by atoms with van der Waals surface area (Å²) >= 11 is -2.13. The Morgan fingerprint density at radius 3 is 2.00 bits per heavy atom. The Morgan fingerprint density at radius 2 is 1.57 bits per heavy atom. The van der Waals surface area contributed by atoms with Gasteiger partial charge < -0.3 is 0 Å². The van der Waals surface area contributed by atoms with Gasteiger partial charge in [-0.2, -0.15) is 0 Å². The van der Waals surface area contributed by atoms with Crippen molar-refractivity contribution >= 4 is 25.5 Å². The van der Waals surface area contributed by atoms with Crippen LogP contribution in [-0.4, -0.2) is 36.7 Å². The number of hydrogen-bond donors (Lipinski definition) is 0. The first-order chi connectivity index (χ1) is 9.49. The Bertz CT molecular complexity index is 434. The molecular weight excluding hydrogens is 366 g/mol. The molecule has 1 rings (SSSR count). The molecule has 0 aromatic carbocycles. The molecule has 0 spiro atoms. The van der Waals surface area contributed by atoms with Crippen molar-refractivity contribution in [3.63, 3.8) is 0 Å². The van der Waals surface area contributed by atoms with Gasteiger partial charge in [0.2, 0.25) is 0 Å². The second-order valence-corrected chi connectivity index (χ2v) is 22.5. The molecule has 1 fully saturated rings. The van der Waals surface area contributed by atoms with Gasteiger partial charge in [0.15, 0.2) is 0 Å². The summed E-state index contributed by atoms with van der Waals surface area (Å²) in [6.45, 7) is 10.5. The third-order valence-corrected chi connectivity index (χ3v) is 11.1. The van der Waals surface area contributed by atoms with Crippen molar-refractivity contribution in [1.82, 2.24) is 0 Å². The maximum atomic E-state index is 6.12. The first kappa shape index (κ1) is 19.1. The molecule has 0 N–H and O–H groups in total. The monoisotopic (exact) mass is 398 g/mol. The standard InChI is InChI=1S/C14H22BO2.3CH3.Sn/c1-6-7-8-9-10-11-12-15-16-13(2,3)14(4,5)17-15;;;;/h12H,6,9-10H2,1-5H3;3*1H3;. The molecule has 1 aliphatic heterocycles. The van der Waals surface area contributed by atoms with Gasteiger partial charge in [0.1, 0.15) is 0 Å². The predicted molar refractivity (Wildman–Crippen MR) is 94.8 cm³/mol. The molecule has 2 nitrogen and oxygen atoms in total. The number of rotatable bonds is 4. The van der Waals surface area contributed by atoms with E-state index >= 15 is 0 Å². The molecule has 0 saturated carbocycles. The number of hydrogen-bond acceptors (Lipinski definition) is 2. The van der Waals surface area contributed by atoms with E-state index in [-0.39, 0.29) is 18.3 Å². The topological polar surface area (TPSA) is 18.5 Å². The molecule has 0 radical (unpaired) electrons. The molecule has 1 heterocycles.